The van der Waals surface area contributed by atoms with Crippen molar-refractivity contribution in [3.8, 4) is 6.07 Å². The molecule has 3 heterocycles. The number of likely N-dealkylation sites (tertiary alicyclic amines) is 1. The van der Waals surface area contributed by atoms with E-state index in [1.54, 1.807) is 17.0 Å². The molecule has 0 aromatic heterocycles. The van der Waals surface area contributed by atoms with Crippen LogP contribution in [0.15, 0.2) is 24.3 Å². The van der Waals surface area contributed by atoms with Crippen LogP contribution in [-0.4, -0.2) is 72.5 Å². The molecule has 9 nitrogen and oxygen atoms in total. The molecule has 1 aromatic rings. The van der Waals surface area contributed by atoms with Gasteiger partial charge in [-0.25, -0.2) is 4.39 Å². The third-order valence-corrected chi connectivity index (χ3v) is 8.57. The summed E-state index contributed by atoms with van der Waals surface area (Å²) in [4.78, 5) is 27.6. The number of nitrogens with one attached hydrogen (secondary N) is 1. The minimum absolute atomic E-state index is 0.0926. The number of amides is 2. The Labute approximate surface area is 193 Å². The Bertz CT molecular complexity index is 1040. The van der Waals surface area contributed by atoms with Gasteiger partial charge in [-0.2, -0.15) is 22.3 Å². The Balaban J connectivity index is 1.35. The number of rotatable bonds is 6. The van der Waals surface area contributed by atoms with Gasteiger partial charge in [-0.05, 0) is 43.4 Å². The second-order valence-electron chi connectivity index (χ2n) is 8.88. The second-order valence-corrected chi connectivity index (χ2v) is 10.8. The number of piperidine rings is 1. The van der Waals surface area contributed by atoms with Crippen molar-refractivity contribution < 1.29 is 22.4 Å². The molecule has 1 aromatic carbocycles. The van der Waals surface area contributed by atoms with Gasteiger partial charge in [0.25, 0.3) is 10.2 Å². The van der Waals surface area contributed by atoms with E-state index in [1.165, 1.54) is 20.7 Å². The van der Waals surface area contributed by atoms with Crippen molar-refractivity contribution in [1.29, 1.82) is 5.26 Å². The van der Waals surface area contributed by atoms with E-state index in [9.17, 15) is 22.4 Å². The highest BCUT2D eigenvalue weighted by Gasteiger charge is 2.44. The smallest absolute Gasteiger partial charge is 0.282 e. The van der Waals surface area contributed by atoms with Crippen molar-refractivity contribution in [1.82, 2.24) is 18.8 Å². The molecule has 0 bridgehead atoms. The van der Waals surface area contributed by atoms with Crippen molar-refractivity contribution in [3.05, 3.63) is 35.6 Å². The summed E-state index contributed by atoms with van der Waals surface area (Å²) in [6.07, 6.45) is 2.41. The van der Waals surface area contributed by atoms with Crippen molar-refractivity contribution in [2.75, 3.05) is 32.7 Å². The maximum Gasteiger partial charge on any atom is 0.282 e. The second kappa shape index (κ2) is 9.75. The third-order valence-electron chi connectivity index (χ3n) is 6.64. The SMILES string of the molecule is N#CC1CN(S(=O)(=O)N2CCC[C@H](C(=O)N3CCC[C@@H]3C(=O)NCc3ccc(F)cc3)C2)C1. The molecule has 3 fully saturated rings. The average Bonchev–Trinajstić information content (AvgIpc) is 3.27. The molecule has 0 saturated carbocycles. The molecule has 3 aliphatic heterocycles. The molecule has 2 atom stereocenters. The third kappa shape index (κ3) is 5.03. The zero-order valence-electron chi connectivity index (χ0n) is 18.3. The van der Waals surface area contributed by atoms with Gasteiger partial charge in [0.05, 0.1) is 17.9 Å². The fraction of sp³-hybridized carbons (Fsp3) is 0.591. The molecular weight excluding hydrogens is 449 g/mol. The van der Waals surface area contributed by atoms with E-state index >= 15 is 0 Å². The average molecular weight is 478 g/mol. The van der Waals surface area contributed by atoms with E-state index in [-0.39, 0.29) is 49.7 Å². The zero-order chi connectivity index (χ0) is 23.6. The molecule has 33 heavy (non-hydrogen) atoms. The van der Waals surface area contributed by atoms with E-state index in [0.717, 1.165) is 5.56 Å². The maximum absolute atomic E-state index is 13.3. The van der Waals surface area contributed by atoms with Gasteiger partial charge in [0.2, 0.25) is 11.8 Å². The minimum Gasteiger partial charge on any atom is -0.350 e. The predicted octanol–water partition coefficient (Wildman–Crippen LogP) is 0.845. The fourth-order valence-corrected chi connectivity index (χ4v) is 6.46. The first kappa shape index (κ1) is 23.6. The summed E-state index contributed by atoms with van der Waals surface area (Å²) in [5.41, 5.74) is 0.762. The zero-order valence-corrected chi connectivity index (χ0v) is 19.1. The van der Waals surface area contributed by atoms with Crippen LogP contribution in [0.2, 0.25) is 0 Å². The Hall–Kier alpha value is -2.55. The van der Waals surface area contributed by atoms with E-state index < -0.39 is 22.2 Å². The van der Waals surface area contributed by atoms with Crippen LogP contribution in [0.25, 0.3) is 0 Å². The van der Waals surface area contributed by atoms with E-state index in [0.29, 0.717) is 38.8 Å². The number of nitriles is 1. The Morgan fingerprint density at radius 2 is 1.76 bits per heavy atom. The topological polar surface area (TPSA) is 114 Å². The maximum atomic E-state index is 13.3. The van der Waals surface area contributed by atoms with Crippen molar-refractivity contribution in [3.63, 3.8) is 0 Å². The first-order valence-electron chi connectivity index (χ1n) is 11.3. The molecular formula is C22H28FN5O4S. The number of hydrogen-bond donors (Lipinski definition) is 1. The molecule has 0 aliphatic carbocycles. The first-order valence-corrected chi connectivity index (χ1v) is 12.7. The van der Waals surface area contributed by atoms with Gasteiger partial charge in [-0.1, -0.05) is 12.1 Å². The number of hydrogen-bond acceptors (Lipinski definition) is 5. The van der Waals surface area contributed by atoms with Gasteiger partial charge in [0, 0.05) is 39.3 Å². The van der Waals surface area contributed by atoms with Crippen LogP contribution in [0.1, 0.15) is 31.2 Å². The summed E-state index contributed by atoms with van der Waals surface area (Å²) in [6, 6.07) is 7.34. The molecule has 0 spiro atoms. The molecule has 178 valence electrons. The lowest BCUT2D eigenvalue weighted by Crippen LogP contribution is -2.57. The molecule has 0 unspecified atom stereocenters. The lowest BCUT2D eigenvalue weighted by molar-refractivity contribution is -0.142. The van der Waals surface area contributed by atoms with Gasteiger partial charge in [-0.15, -0.1) is 0 Å². The standard InChI is InChI=1S/C22H28FN5O4S/c23-19-7-5-16(6-8-19)12-25-21(29)20-4-2-10-28(20)22(30)18-3-1-9-26(15-18)33(31,32)27-13-17(11-24)14-27/h5-8,17-18,20H,1-4,9-10,12-15H2,(H,25,29)/t18-,20+/m0/s1. The van der Waals surface area contributed by atoms with Crippen LogP contribution in [-0.2, 0) is 26.3 Å². The summed E-state index contributed by atoms with van der Waals surface area (Å²) in [5.74, 6) is -1.56. The first-order chi connectivity index (χ1) is 15.8. The van der Waals surface area contributed by atoms with Crippen molar-refractivity contribution >= 4 is 22.0 Å². The summed E-state index contributed by atoms with van der Waals surface area (Å²) < 4.78 is 41.4. The number of nitrogens with zero attached hydrogens (tertiary/aromatic N) is 4. The Kier molecular flexibility index (Phi) is 6.97. The molecule has 3 aliphatic rings. The highest BCUT2D eigenvalue weighted by Crippen LogP contribution is 2.29. The van der Waals surface area contributed by atoms with Gasteiger partial charge < -0.3 is 10.2 Å². The normalized spacial score (nSPS) is 24.8. The number of carbonyl (C=O) groups excluding carboxylic acids is 2. The molecule has 11 heteroatoms. The summed E-state index contributed by atoms with van der Waals surface area (Å²) in [5, 5.41) is 11.7. The van der Waals surface area contributed by atoms with Gasteiger partial charge in [-0.3, -0.25) is 9.59 Å². The summed E-state index contributed by atoms with van der Waals surface area (Å²) in [6.45, 7) is 1.53. The van der Waals surface area contributed by atoms with Crippen LogP contribution in [0.4, 0.5) is 4.39 Å². The number of benzene rings is 1. The molecule has 1 N–H and O–H groups in total. The van der Waals surface area contributed by atoms with Crippen LogP contribution < -0.4 is 5.32 Å². The highest BCUT2D eigenvalue weighted by atomic mass is 32.2. The van der Waals surface area contributed by atoms with Crippen LogP contribution in [0.3, 0.4) is 0 Å². The quantitative estimate of drug-likeness (QED) is 0.652. The summed E-state index contributed by atoms with van der Waals surface area (Å²) in [7, 11) is -3.69. The van der Waals surface area contributed by atoms with Gasteiger partial charge >= 0.3 is 0 Å². The Morgan fingerprint density at radius 1 is 1.06 bits per heavy atom. The van der Waals surface area contributed by atoms with Gasteiger partial charge in [0.15, 0.2) is 0 Å². The summed E-state index contributed by atoms with van der Waals surface area (Å²) >= 11 is 0. The highest BCUT2D eigenvalue weighted by molar-refractivity contribution is 7.86. The van der Waals surface area contributed by atoms with Crippen LogP contribution in [0.5, 0.6) is 0 Å². The van der Waals surface area contributed by atoms with Crippen molar-refractivity contribution in [2.24, 2.45) is 11.8 Å². The van der Waals surface area contributed by atoms with Gasteiger partial charge in [0.1, 0.15) is 11.9 Å². The van der Waals surface area contributed by atoms with Crippen LogP contribution >= 0.6 is 0 Å². The minimum atomic E-state index is -3.69. The predicted molar refractivity (Wildman–Crippen MR) is 117 cm³/mol. The fourth-order valence-electron chi connectivity index (χ4n) is 4.67. The lowest BCUT2D eigenvalue weighted by Gasteiger charge is -2.41. The van der Waals surface area contributed by atoms with E-state index in [2.05, 4.69) is 11.4 Å². The largest absolute Gasteiger partial charge is 0.350 e. The number of halogens is 1. The lowest BCUT2D eigenvalue weighted by atomic mass is 9.97. The van der Waals surface area contributed by atoms with Crippen LogP contribution in [0, 0.1) is 29.0 Å². The monoisotopic (exact) mass is 477 g/mol. The van der Waals surface area contributed by atoms with E-state index in [1.807, 2.05) is 0 Å². The van der Waals surface area contributed by atoms with Crippen molar-refractivity contribution in [2.45, 2.75) is 38.3 Å². The molecule has 0 radical (unpaired) electrons. The van der Waals surface area contributed by atoms with E-state index in [4.69, 9.17) is 5.26 Å². The Morgan fingerprint density at radius 3 is 2.45 bits per heavy atom. The molecule has 2 amide bonds. The molecule has 4 rings (SSSR count). The number of carbonyl (C=O) groups is 2. The molecule has 3 saturated heterocycles.